The zero-order chi connectivity index (χ0) is 22.2. The molecule has 0 aliphatic carbocycles. The molecule has 1 amide bonds. The minimum atomic E-state index is -4.61. The lowest BCUT2D eigenvalue weighted by atomic mass is 9.92. The van der Waals surface area contributed by atoms with Crippen LogP contribution in [0.5, 0.6) is 0 Å². The summed E-state index contributed by atoms with van der Waals surface area (Å²) in [6.45, 7) is 0.770. The van der Waals surface area contributed by atoms with E-state index in [1.54, 1.807) is 0 Å². The predicted octanol–water partition coefficient (Wildman–Crippen LogP) is 2.88. The van der Waals surface area contributed by atoms with Gasteiger partial charge in [0.15, 0.2) is 0 Å². The quantitative estimate of drug-likeness (QED) is 0.546. The van der Waals surface area contributed by atoms with E-state index >= 15 is 0 Å². The van der Waals surface area contributed by atoms with Crippen molar-refractivity contribution in [1.82, 2.24) is 20.3 Å². The second-order valence-corrected chi connectivity index (χ2v) is 7.58. The summed E-state index contributed by atoms with van der Waals surface area (Å²) in [6.07, 6.45) is -2.43. The zero-order valence-electron chi connectivity index (χ0n) is 16.2. The highest BCUT2D eigenvalue weighted by atomic mass is 19.4. The van der Waals surface area contributed by atoms with Crippen molar-refractivity contribution in [2.24, 2.45) is 0 Å². The number of aromatic nitrogens is 3. The van der Waals surface area contributed by atoms with E-state index in [-0.39, 0.29) is 29.7 Å². The molecule has 0 saturated carbocycles. The number of hydrogen-bond acceptors (Lipinski definition) is 5. The minimum Gasteiger partial charge on any atom is -0.386 e. The summed E-state index contributed by atoms with van der Waals surface area (Å²) in [5, 5.41) is 13.6. The summed E-state index contributed by atoms with van der Waals surface area (Å²) < 4.78 is 51.5. The molecule has 1 atom stereocenters. The lowest BCUT2D eigenvalue weighted by Crippen LogP contribution is -2.54. The number of benzene rings is 1. The van der Waals surface area contributed by atoms with Gasteiger partial charge in [-0.1, -0.05) is 0 Å². The topological polar surface area (TPSA) is 94.1 Å². The zero-order valence-corrected chi connectivity index (χ0v) is 16.2. The van der Waals surface area contributed by atoms with Gasteiger partial charge in [0.05, 0.1) is 22.8 Å². The first kappa shape index (κ1) is 21.0. The second kappa shape index (κ2) is 7.80. The van der Waals surface area contributed by atoms with Gasteiger partial charge in [-0.25, -0.2) is 14.4 Å². The van der Waals surface area contributed by atoms with Crippen molar-refractivity contribution in [1.29, 1.82) is 0 Å². The molecule has 1 fully saturated rings. The van der Waals surface area contributed by atoms with Crippen molar-refractivity contribution >= 4 is 22.8 Å². The molecule has 3 aromatic rings. The largest absolute Gasteiger partial charge is 0.449 e. The molecular formula is C20H19F4N5O2. The van der Waals surface area contributed by atoms with E-state index in [9.17, 15) is 27.5 Å². The smallest absolute Gasteiger partial charge is 0.386 e. The molecule has 3 heterocycles. The summed E-state index contributed by atoms with van der Waals surface area (Å²) in [7, 11) is 0. The van der Waals surface area contributed by atoms with Crippen LogP contribution in [0.25, 0.3) is 11.0 Å². The van der Waals surface area contributed by atoms with Crippen LogP contribution in [-0.4, -0.2) is 51.2 Å². The van der Waals surface area contributed by atoms with Crippen LogP contribution in [0.1, 0.15) is 29.0 Å². The van der Waals surface area contributed by atoms with Crippen LogP contribution in [0.3, 0.4) is 0 Å². The summed E-state index contributed by atoms with van der Waals surface area (Å²) >= 11 is 0. The fourth-order valence-electron chi connectivity index (χ4n) is 3.64. The van der Waals surface area contributed by atoms with E-state index in [1.165, 1.54) is 30.3 Å². The van der Waals surface area contributed by atoms with Gasteiger partial charge in [-0.15, -0.1) is 0 Å². The predicted molar refractivity (Wildman–Crippen MR) is 104 cm³/mol. The van der Waals surface area contributed by atoms with Gasteiger partial charge < -0.3 is 20.3 Å². The van der Waals surface area contributed by atoms with Crippen molar-refractivity contribution in [3.8, 4) is 0 Å². The van der Waals surface area contributed by atoms with Crippen molar-refractivity contribution in [3.63, 3.8) is 0 Å². The number of halogens is 4. The molecule has 0 radical (unpaired) electrons. The Balaban J connectivity index is 1.43. The normalized spacial score (nSPS) is 19.6. The van der Waals surface area contributed by atoms with Gasteiger partial charge in [0.1, 0.15) is 11.6 Å². The Bertz CT molecular complexity index is 1100. The van der Waals surface area contributed by atoms with Gasteiger partial charge >= 0.3 is 6.18 Å². The number of H-pyrrole nitrogens is 1. The fraction of sp³-hybridized carbons (Fsp3) is 0.350. The number of fused-ring (bicyclic) bond motifs is 1. The molecule has 2 aromatic heterocycles. The van der Waals surface area contributed by atoms with E-state index in [4.69, 9.17) is 0 Å². The van der Waals surface area contributed by atoms with Gasteiger partial charge in [-0.05, 0) is 43.2 Å². The number of pyridine rings is 1. The Kier molecular flexibility index (Phi) is 5.29. The number of rotatable bonds is 4. The highest BCUT2D eigenvalue weighted by molar-refractivity contribution is 5.97. The Morgan fingerprint density at radius 1 is 1.29 bits per heavy atom. The first-order chi connectivity index (χ1) is 14.6. The Labute approximate surface area is 174 Å². The number of carbonyl (C=O) groups is 1. The van der Waals surface area contributed by atoms with Crippen molar-refractivity contribution < 1.29 is 27.5 Å². The second-order valence-electron chi connectivity index (χ2n) is 7.58. The number of β-amino-alcohol motifs (C(OH)–C–C–N with tert-alkyl or cyclic N) is 1. The molecule has 0 bridgehead atoms. The highest BCUT2D eigenvalue weighted by Crippen LogP contribution is 2.29. The standard InChI is InChI=1S/C20H19F4N5O2/c21-13-3-5-16(25-9-13)29-7-1-6-19(31,11-29)10-26-17(30)12-2-4-14-15(8-12)28-18(27-14)20(22,23)24/h2-5,8-9,31H,1,6-7,10-11H2,(H,26,30)(H,27,28). The Morgan fingerprint density at radius 3 is 2.81 bits per heavy atom. The highest BCUT2D eigenvalue weighted by Gasteiger charge is 2.35. The number of amides is 1. The first-order valence-corrected chi connectivity index (χ1v) is 9.57. The van der Waals surface area contributed by atoms with E-state index in [0.717, 1.165) is 6.20 Å². The lowest BCUT2D eigenvalue weighted by molar-refractivity contribution is -0.144. The molecule has 11 heteroatoms. The van der Waals surface area contributed by atoms with Crippen LogP contribution in [0.2, 0.25) is 0 Å². The van der Waals surface area contributed by atoms with Gasteiger partial charge in [0.25, 0.3) is 5.91 Å². The van der Waals surface area contributed by atoms with Crippen LogP contribution in [-0.2, 0) is 6.18 Å². The fourth-order valence-corrected chi connectivity index (χ4v) is 3.64. The molecule has 0 spiro atoms. The van der Waals surface area contributed by atoms with Crippen LogP contribution < -0.4 is 10.2 Å². The van der Waals surface area contributed by atoms with Crippen molar-refractivity contribution in [2.45, 2.75) is 24.6 Å². The summed E-state index contributed by atoms with van der Waals surface area (Å²) in [4.78, 5) is 24.0. The molecule has 1 aliphatic rings. The molecule has 164 valence electrons. The third-order valence-electron chi connectivity index (χ3n) is 5.18. The Hall–Kier alpha value is -3.21. The van der Waals surface area contributed by atoms with Crippen LogP contribution in [0, 0.1) is 5.82 Å². The molecule has 1 saturated heterocycles. The van der Waals surface area contributed by atoms with E-state index < -0.39 is 29.3 Å². The maximum Gasteiger partial charge on any atom is 0.449 e. The lowest BCUT2D eigenvalue weighted by Gasteiger charge is -2.39. The van der Waals surface area contributed by atoms with E-state index in [1.807, 2.05) is 4.90 Å². The van der Waals surface area contributed by atoms with Gasteiger partial charge in [-0.3, -0.25) is 4.79 Å². The number of hydrogen-bond donors (Lipinski definition) is 3. The number of nitrogens with zero attached hydrogens (tertiary/aromatic N) is 3. The molecule has 1 unspecified atom stereocenters. The van der Waals surface area contributed by atoms with Gasteiger partial charge in [0.2, 0.25) is 5.82 Å². The monoisotopic (exact) mass is 437 g/mol. The molecule has 7 nitrogen and oxygen atoms in total. The summed E-state index contributed by atoms with van der Waals surface area (Å²) in [5.41, 5.74) is -0.908. The SMILES string of the molecule is O=C(NCC1(O)CCCN(c2ccc(F)cn2)C1)c1ccc2nc(C(F)(F)F)[nH]c2c1. The van der Waals surface area contributed by atoms with Crippen LogP contribution in [0.15, 0.2) is 36.5 Å². The third-order valence-corrected chi connectivity index (χ3v) is 5.18. The van der Waals surface area contributed by atoms with Crippen molar-refractivity contribution in [2.75, 3.05) is 24.5 Å². The van der Waals surface area contributed by atoms with Crippen molar-refractivity contribution in [3.05, 3.63) is 53.7 Å². The maximum absolute atomic E-state index is 13.1. The maximum atomic E-state index is 13.1. The number of anilines is 1. The third kappa shape index (κ3) is 4.61. The van der Waals surface area contributed by atoms with Gasteiger partial charge in [-0.2, -0.15) is 13.2 Å². The molecule has 4 rings (SSSR count). The number of alkyl halides is 3. The number of nitrogens with one attached hydrogen (secondary N) is 2. The van der Waals surface area contributed by atoms with Crippen LogP contribution in [0.4, 0.5) is 23.4 Å². The Morgan fingerprint density at radius 2 is 2.10 bits per heavy atom. The van der Waals surface area contributed by atoms with Crippen LogP contribution >= 0.6 is 0 Å². The average Bonchev–Trinajstić information content (AvgIpc) is 3.17. The first-order valence-electron chi connectivity index (χ1n) is 9.57. The molecule has 3 N–H and O–H groups in total. The number of piperidine rings is 1. The number of aromatic amines is 1. The minimum absolute atomic E-state index is 0.0572. The number of imidazole rings is 1. The average molecular weight is 437 g/mol. The molecule has 1 aliphatic heterocycles. The number of aliphatic hydroxyl groups is 1. The number of carbonyl (C=O) groups excluding carboxylic acids is 1. The summed E-state index contributed by atoms with van der Waals surface area (Å²) in [5.74, 6) is -1.60. The van der Waals surface area contributed by atoms with E-state index in [0.29, 0.717) is 25.2 Å². The van der Waals surface area contributed by atoms with E-state index in [2.05, 4.69) is 20.3 Å². The van der Waals surface area contributed by atoms with Gasteiger partial charge in [0, 0.05) is 25.2 Å². The summed E-state index contributed by atoms with van der Waals surface area (Å²) in [6, 6.07) is 6.79. The molecular weight excluding hydrogens is 418 g/mol. The molecule has 1 aromatic carbocycles. The molecule has 31 heavy (non-hydrogen) atoms.